The number of hydrogen-bond donors (Lipinski definition) is 0. The van der Waals surface area contributed by atoms with Gasteiger partial charge in [-0.15, -0.1) is 0 Å². The van der Waals surface area contributed by atoms with Crippen LogP contribution in [0, 0.1) is 5.92 Å². The number of methoxy groups -OCH3 is 1. The molecule has 3 aromatic carbocycles. The number of amides is 2. The number of carbonyl (C=O) groups is 2. The maximum atomic E-state index is 13.5. The third-order valence-electron chi connectivity index (χ3n) is 6.42. The minimum atomic E-state index is -0.199. The normalized spacial score (nSPS) is 15.7. The number of nitrogens with zero attached hydrogens (tertiary/aromatic N) is 2. The van der Waals surface area contributed by atoms with Gasteiger partial charge in [0.2, 0.25) is 5.91 Å². The molecule has 1 saturated heterocycles. The van der Waals surface area contributed by atoms with Gasteiger partial charge >= 0.3 is 0 Å². The molecule has 6 heteroatoms. The molecule has 178 valence electrons. The summed E-state index contributed by atoms with van der Waals surface area (Å²) in [6.45, 7) is 4.20. The highest BCUT2D eigenvalue weighted by molar-refractivity contribution is 6.08. The van der Waals surface area contributed by atoms with Gasteiger partial charge in [0.1, 0.15) is 11.5 Å². The fraction of sp³-hybridized carbons (Fsp3) is 0.357. The Morgan fingerprint density at radius 3 is 2.47 bits per heavy atom. The van der Waals surface area contributed by atoms with E-state index in [9.17, 15) is 9.59 Å². The first-order valence-corrected chi connectivity index (χ1v) is 11.8. The van der Waals surface area contributed by atoms with Crippen molar-refractivity contribution in [3.8, 4) is 11.5 Å². The van der Waals surface area contributed by atoms with Gasteiger partial charge in [-0.25, -0.2) is 0 Å². The first kappa shape index (κ1) is 23.6. The average Bonchev–Trinajstić information content (AvgIpc) is 2.88. The highest BCUT2D eigenvalue weighted by atomic mass is 16.5. The lowest BCUT2D eigenvalue weighted by Crippen LogP contribution is -2.45. The molecule has 1 aliphatic heterocycles. The fourth-order valence-electron chi connectivity index (χ4n) is 4.69. The van der Waals surface area contributed by atoms with Crippen LogP contribution >= 0.6 is 0 Å². The summed E-state index contributed by atoms with van der Waals surface area (Å²) < 4.78 is 11.0. The molecule has 1 unspecified atom stereocenters. The summed E-state index contributed by atoms with van der Waals surface area (Å²) in [5.41, 5.74) is 1.69. The van der Waals surface area contributed by atoms with Gasteiger partial charge in [0.05, 0.1) is 19.6 Å². The quantitative estimate of drug-likeness (QED) is 0.510. The van der Waals surface area contributed by atoms with Crippen LogP contribution in [0.2, 0.25) is 0 Å². The van der Waals surface area contributed by atoms with Gasteiger partial charge in [-0.2, -0.15) is 0 Å². The lowest BCUT2D eigenvalue weighted by molar-refractivity contribution is -0.136. The minimum Gasteiger partial charge on any atom is -0.496 e. The molecule has 1 heterocycles. The smallest absolute Gasteiger partial charge is 0.254 e. The Balaban J connectivity index is 1.45. The number of ether oxygens (including phenoxy) is 2. The van der Waals surface area contributed by atoms with Crippen LogP contribution in [-0.4, -0.2) is 55.5 Å². The molecule has 0 radical (unpaired) electrons. The van der Waals surface area contributed by atoms with Gasteiger partial charge in [-0.3, -0.25) is 9.59 Å². The molecular formula is C28H32N2O4. The Bertz CT molecular complexity index is 1160. The Morgan fingerprint density at radius 2 is 1.76 bits per heavy atom. The van der Waals surface area contributed by atoms with Crippen molar-refractivity contribution in [2.24, 2.45) is 5.92 Å². The van der Waals surface area contributed by atoms with E-state index in [0.29, 0.717) is 31.8 Å². The summed E-state index contributed by atoms with van der Waals surface area (Å²) in [5, 5.41) is 1.78. The van der Waals surface area contributed by atoms with Crippen LogP contribution in [0.5, 0.6) is 11.5 Å². The number of rotatable bonds is 7. The van der Waals surface area contributed by atoms with E-state index in [1.165, 1.54) is 0 Å². The van der Waals surface area contributed by atoms with Gasteiger partial charge in [-0.1, -0.05) is 36.4 Å². The number of likely N-dealkylation sites (tertiary alicyclic amines) is 1. The molecule has 0 aliphatic carbocycles. The zero-order valence-electron chi connectivity index (χ0n) is 20.1. The summed E-state index contributed by atoms with van der Waals surface area (Å²) in [6, 6.07) is 19.3. The van der Waals surface area contributed by atoms with Gasteiger partial charge in [-0.05, 0) is 55.0 Å². The zero-order chi connectivity index (χ0) is 24.1. The molecule has 6 nitrogen and oxygen atoms in total. The standard InChI is InChI=1S/C28H32N2O4/c1-4-34-22-13-11-20(12-14-22)18-29(2)27(31)21-8-7-17-30(19-21)28(32)25-15-16-26(33-3)24-10-6-5-9-23(24)25/h5-6,9-16,21H,4,7-8,17-19H2,1-3H3. The topological polar surface area (TPSA) is 59.1 Å². The maximum absolute atomic E-state index is 13.5. The third kappa shape index (κ3) is 5.01. The Hall–Kier alpha value is -3.54. The lowest BCUT2D eigenvalue weighted by atomic mass is 9.95. The van der Waals surface area contributed by atoms with Gasteiger partial charge < -0.3 is 19.3 Å². The second kappa shape index (κ2) is 10.6. The first-order valence-electron chi connectivity index (χ1n) is 11.8. The van der Waals surface area contributed by atoms with E-state index in [0.717, 1.165) is 40.7 Å². The predicted molar refractivity (Wildman–Crippen MR) is 133 cm³/mol. The third-order valence-corrected chi connectivity index (χ3v) is 6.42. The van der Waals surface area contributed by atoms with Crippen LogP contribution in [-0.2, 0) is 11.3 Å². The Kier molecular flexibility index (Phi) is 7.36. The number of piperidine rings is 1. The van der Waals surface area contributed by atoms with Crippen LogP contribution in [0.3, 0.4) is 0 Å². The first-order chi connectivity index (χ1) is 16.5. The van der Waals surface area contributed by atoms with Gasteiger partial charge in [0.15, 0.2) is 0 Å². The summed E-state index contributed by atoms with van der Waals surface area (Å²) in [7, 11) is 3.46. The predicted octanol–water partition coefficient (Wildman–Crippen LogP) is 4.76. The van der Waals surface area contributed by atoms with Crippen molar-refractivity contribution in [3.63, 3.8) is 0 Å². The number of carbonyl (C=O) groups excluding carboxylic acids is 2. The van der Waals surface area contributed by atoms with Crippen molar-refractivity contribution in [2.75, 3.05) is 33.9 Å². The molecule has 0 spiro atoms. The summed E-state index contributed by atoms with van der Waals surface area (Å²) >= 11 is 0. The number of benzene rings is 3. The molecule has 0 N–H and O–H groups in total. The average molecular weight is 461 g/mol. The van der Waals surface area contributed by atoms with E-state index in [2.05, 4.69) is 0 Å². The van der Waals surface area contributed by atoms with E-state index < -0.39 is 0 Å². The molecular weight excluding hydrogens is 428 g/mol. The number of hydrogen-bond acceptors (Lipinski definition) is 4. The summed E-state index contributed by atoms with van der Waals surface area (Å²) in [5.74, 6) is 1.41. The fourth-order valence-corrected chi connectivity index (χ4v) is 4.69. The molecule has 34 heavy (non-hydrogen) atoms. The van der Waals surface area contributed by atoms with E-state index in [1.54, 1.807) is 12.0 Å². The van der Waals surface area contributed by atoms with E-state index >= 15 is 0 Å². The minimum absolute atomic E-state index is 0.0366. The van der Waals surface area contributed by atoms with E-state index in [-0.39, 0.29) is 17.7 Å². The van der Waals surface area contributed by atoms with Crippen molar-refractivity contribution in [2.45, 2.75) is 26.3 Å². The molecule has 0 saturated carbocycles. The van der Waals surface area contributed by atoms with Crippen LogP contribution in [0.1, 0.15) is 35.7 Å². The van der Waals surface area contributed by atoms with Crippen molar-refractivity contribution in [3.05, 3.63) is 71.8 Å². The van der Waals surface area contributed by atoms with Crippen molar-refractivity contribution >= 4 is 22.6 Å². The molecule has 1 atom stereocenters. The molecule has 4 rings (SSSR count). The molecule has 0 aromatic heterocycles. The number of fused-ring (bicyclic) bond motifs is 1. The Morgan fingerprint density at radius 1 is 1.03 bits per heavy atom. The van der Waals surface area contributed by atoms with Crippen LogP contribution in [0.15, 0.2) is 60.7 Å². The summed E-state index contributed by atoms with van der Waals surface area (Å²) in [6.07, 6.45) is 1.60. The van der Waals surface area contributed by atoms with Crippen LogP contribution in [0.4, 0.5) is 0 Å². The SMILES string of the molecule is CCOc1ccc(CN(C)C(=O)C2CCCN(C(=O)c3ccc(OC)c4ccccc34)C2)cc1. The highest BCUT2D eigenvalue weighted by Gasteiger charge is 2.31. The molecule has 2 amide bonds. The summed E-state index contributed by atoms with van der Waals surface area (Å²) in [4.78, 5) is 30.3. The maximum Gasteiger partial charge on any atom is 0.254 e. The van der Waals surface area contributed by atoms with Crippen molar-refractivity contribution in [1.29, 1.82) is 0 Å². The van der Waals surface area contributed by atoms with E-state index in [1.807, 2.05) is 79.5 Å². The van der Waals surface area contributed by atoms with Crippen LogP contribution < -0.4 is 9.47 Å². The lowest BCUT2D eigenvalue weighted by Gasteiger charge is -2.34. The molecule has 1 aliphatic rings. The highest BCUT2D eigenvalue weighted by Crippen LogP contribution is 2.30. The van der Waals surface area contributed by atoms with Gasteiger partial charge in [0, 0.05) is 37.6 Å². The second-order valence-electron chi connectivity index (χ2n) is 8.72. The molecule has 0 bridgehead atoms. The largest absolute Gasteiger partial charge is 0.496 e. The van der Waals surface area contributed by atoms with Crippen molar-refractivity contribution < 1.29 is 19.1 Å². The molecule has 1 fully saturated rings. The molecule has 3 aromatic rings. The van der Waals surface area contributed by atoms with Crippen molar-refractivity contribution in [1.82, 2.24) is 9.80 Å². The van der Waals surface area contributed by atoms with E-state index in [4.69, 9.17) is 9.47 Å². The second-order valence-corrected chi connectivity index (χ2v) is 8.72. The van der Waals surface area contributed by atoms with Gasteiger partial charge in [0.25, 0.3) is 5.91 Å². The zero-order valence-corrected chi connectivity index (χ0v) is 20.1. The Labute approximate surface area is 201 Å². The van der Waals surface area contributed by atoms with Crippen LogP contribution in [0.25, 0.3) is 10.8 Å². The monoisotopic (exact) mass is 460 g/mol.